The lowest BCUT2D eigenvalue weighted by Crippen LogP contribution is -2.33. The van der Waals surface area contributed by atoms with E-state index in [1.54, 1.807) is 24.3 Å². The van der Waals surface area contributed by atoms with Gasteiger partial charge in [0.05, 0.1) is 0 Å². The molecule has 0 radical (unpaired) electrons. The average Bonchev–Trinajstić information content (AvgIpc) is 2.51. The fourth-order valence-electron chi connectivity index (χ4n) is 2.41. The number of rotatable bonds is 10. The minimum atomic E-state index is -0.144. The standard InChI is InChI=1S/C19H29ClN2O2/c1-14(2)6-4-7-15(3)22-18(23)8-5-13-21-19(24)16-9-11-17(20)12-10-16/h9-12,14-15H,4-8,13H2,1-3H3,(H,21,24)(H,22,23). The van der Waals surface area contributed by atoms with E-state index in [1.165, 1.54) is 6.42 Å². The van der Waals surface area contributed by atoms with Crippen LogP contribution in [0.2, 0.25) is 5.02 Å². The first-order valence-corrected chi connectivity index (χ1v) is 9.09. The van der Waals surface area contributed by atoms with Gasteiger partial charge in [0.25, 0.3) is 5.91 Å². The Kier molecular flexibility index (Phi) is 9.46. The third kappa shape index (κ3) is 8.92. The fourth-order valence-corrected chi connectivity index (χ4v) is 2.53. The molecule has 1 atom stereocenters. The van der Waals surface area contributed by atoms with Crippen molar-refractivity contribution >= 4 is 23.4 Å². The zero-order chi connectivity index (χ0) is 17.9. The maximum Gasteiger partial charge on any atom is 0.251 e. The molecule has 0 saturated carbocycles. The topological polar surface area (TPSA) is 58.2 Å². The molecule has 0 bridgehead atoms. The van der Waals surface area contributed by atoms with Crippen LogP contribution < -0.4 is 10.6 Å². The maximum atomic E-state index is 11.9. The van der Waals surface area contributed by atoms with Gasteiger partial charge in [-0.15, -0.1) is 0 Å². The van der Waals surface area contributed by atoms with Gasteiger partial charge in [0.1, 0.15) is 0 Å². The normalized spacial score (nSPS) is 12.0. The van der Waals surface area contributed by atoms with Gasteiger partial charge >= 0.3 is 0 Å². The molecule has 4 nitrogen and oxygen atoms in total. The van der Waals surface area contributed by atoms with Gasteiger partial charge in [-0.25, -0.2) is 0 Å². The summed E-state index contributed by atoms with van der Waals surface area (Å²) in [5.41, 5.74) is 0.572. The number of hydrogen-bond acceptors (Lipinski definition) is 2. The van der Waals surface area contributed by atoms with Crippen molar-refractivity contribution in [3.63, 3.8) is 0 Å². The van der Waals surface area contributed by atoms with Crippen LogP contribution >= 0.6 is 11.6 Å². The Bertz CT molecular complexity index is 515. The number of carbonyl (C=O) groups is 2. The molecule has 0 saturated heterocycles. The molecular weight excluding hydrogens is 324 g/mol. The highest BCUT2D eigenvalue weighted by molar-refractivity contribution is 6.30. The van der Waals surface area contributed by atoms with Crippen molar-refractivity contribution in [2.45, 2.75) is 58.9 Å². The van der Waals surface area contributed by atoms with Crippen LogP contribution in [-0.2, 0) is 4.79 Å². The average molecular weight is 353 g/mol. The molecule has 0 spiro atoms. The Morgan fingerprint density at radius 1 is 1.04 bits per heavy atom. The highest BCUT2D eigenvalue weighted by atomic mass is 35.5. The van der Waals surface area contributed by atoms with Crippen LogP contribution in [0.5, 0.6) is 0 Å². The van der Waals surface area contributed by atoms with E-state index in [0.29, 0.717) is 35.9 Å². The molecule has 0 aliphatic rings. The second kappa shape index (κ2) is 11.1. The summed E-state index contributed by atoms with van der Waals surface area (Å²) in [5, 5.41) is 6.43. The van der Waals surface area contributed by atoms with E-state index in [2.05, 4.69) is 24.5 Å². The molecule has 0 heterocycles. The number of halogens is 1. The zero-order valence-electron chi connectivity index (χ0n) is 14.9. The van der Waals surface area contributed by atoms with Crippen molar-refractivity contribution in [1.82, 2.24) is 10.6 Å². The van der Waals surface area contributed by atoms with Gasteiger partial charge in [0.2, 0.25) is 5.91 Å². The molecule has 24 heavy (non-hydrogen) atoms. The van der Waals surface area contributed by atoms with Gasteiger partial charge in [-0.2, -0.15) is 0 Å². The van der Waals surface area contributed by atoms with E-state index in [1.807, 2.05) is 6.92 Å². The summed E-state index contributed by atoms with van der Waals surface area (Å²) < 4.78 is 0. The van der Waals surface area contributed by atoms with Crippen LogP contribution in [0, 0.1) is 5.92 Å². The quantitative estimate of drug-likeness (QED) is 0.620. The lowest BCUT2D eigenvalue weighted by atomic mass is 10.0. The molecule has 0 aliphatic heterocycles. The third-order valence-corrected chi connectivity index (χ3v) is 4.05. The largest absolute Gasteiger partial charge is 0.354 e. The number of hydrogen-bond donors (Lipinski definition) is 2. The highest BCUT2D eigenvalue weighted by Crippen LogP contribution is 2.10. The van der Waals surface area contributed by atoms with Gasteiger partial charge < -0.3 is 10.6 Å². The summed E-state index contributed by atoms with van der Waals surface area (Å²) in [7, 11) is 0. The third-order valence-electron chi connectivity index (χ3n) is 3.80. The van der Waals surface area contributed by atoms with E-state index in [-0.39, 0.29) is 17.9 Å². The molecule has 2 N–H and O–H groups in total. The Hall–Kier alpha value is -1.55. The summed E-state index contributed by atoms with van der Waals surface area (Å²) in [6.07, 6.45) is 4.39. The number of nitrogens with one attached hydrogen (secondary N) is 2. The molecule has 5 heteroatoms. The smallest absolute Gasteiger partial charge is 0.251 e. The summed E-state index contributed by atoms with van der Waals surface area (Å²) >= 11 is 5.79. The van der Waals surface area contributed by atoms with Crippen LogP contribution in [0.25, 0.3) is 0 Å². The van der Waals surface area contributed by atoms with Gasteiger partial charge in [-0.1, -0.05) is 38.3 Å². The SMILES string of the molecule is CC(C)CCCC(C)NC(=O)CCCNC(=O)c1ccc(Cl)cc1. The van der Waals surface area contributed by atoms with Gasteiger partial charge in [0, 0.05) is 29.6 Å². The summed E-state index contributed by atoms with van der Waals surface area (Å²) in [6, 6.07) is 6.95. The van der Waals surface area contributed by atoms with E-state index >= 15 is 0 Å². The molecule has 0 aromatic heterocycles. The van der Waals surface area contributed by atoms with Crippen molar-refractivity contribution in [1.29, 1.82) is 0 Å². The minimum Gasteiger partial charge on any atom is -0.354 e. The van der Waals surface area contributed by atoms with Crippen molar-refractivity contribution in [2.75, 3.05) is 6.54 Å². The van der Waals surface area contributed by atoms with Gasteiger partial charge in [-0.05, 0) is 49.9 Å². The van der Waals surface area contributed by atoms with Crippen LogP contribution in [-0.4, -0.2) is 24.4 Å². The molecule has 0 fully saturated rings. The minimum absolute atomic E-state index is 0.0489. The van der Waals surface area contributed by atoms with E-state index < -0.39 is 0 Å². The van der Waals surface area contributed by atoms with Crippen LogP contribution in [0.3, 0.4) is 0 Å². The Balaban J connectivity index is 2.14. The molecule has 0 aliphatic carbocycles. The first-order chi connectivity index (χ1) is 11.4. The highest BCUT2D eigenvalue weighted by Gasteiger charge is 2.08. The van der Waals surface area contributed by atoms with Crippen molar-refractivity contribution in [3.05, 3.63) is 34.9 Å². The molecule has 134 valence electrons. The Morgan fingerprint density at radius 2 is 1.71 bits per heavy atom. The van der Waals surface area contributed by atoms with Gasteiger partial charge in [-0.3, -0.25) is 9.59 Å². The van der Waals surface area contributed by atoms with Crippen molar-refractivity contribution in [3.8, 4) is 0 Å². The lowest BCUT2D eigenvalue weighted by Gasteiger charge is -2.14. The van der Waals surface area contributed by atoms with E-state index in [4.69, 9.17) is 11.6 Å². The molecule has 1 aromatic carbocycles. The molecule has 1 aromatic rings. The number of carbonyl (C=O) groups excluding carboxylic acids is 2. The lowest BCUT2D eigenvalue weighted by molar-refractivity contribution is -0.121. The van der Waals surface area contributed by atoms with Crippen LogP contribution in [0.1, 0.15) is 63.2 Å². The summed E-state index contributed by atoms with van der Waals surface area (Å²) in [5.74, 6) is 0.610. The Labute approximate surface area is 150 Å². The second-order valence-electron chi connectivity index (χ2n) is 6.66. The summed E-state index contributed by atoms with van der Waals surface area (Å²) in [4.78, 5) is 23.8. The molecular formula is C19H29ClN2O2. The molecule has 1 rings (SSSR count). The number of amides is 2. The second-order valence-corrected chi connectivity index (χ2v) is 7.10. The predicted octanol–water partition coefficient (Wildman–Crippen LogP) is 4.18. The molecule has 1 unspecified atom stereocenters. The summed E-state index contributed by atoms with van der Waals surface area (Å²) in [6.45, 7) is 6.94. The first kappa shape index (κ1) is 20.5. The fraction of sp³-hybridized carbons (Fsp3) is 0.579. The Morgan fingerprint density at radius 3 is 2.33 bits per heavy atom. The predicted molar refractivity (Wildman–Crippen MR) is 99.3 cm³/mol. The van der Waals surface area contributed by atoms with Crippen molar-refractivity contribution < 1.29 is 9.59 Å². The number of benzene rings is 1. The molecule has 2 amide bonds. The zero-order valence-corrected chi connectivity index (χ0v) is 15.7. The van der Waals surface area contributed by atoms with Crippen molar-refractivity contribution in [2.24, 2.45) is 5.92 Å². The van der Waals surface area contributed by atoms with E-state index in [0.717, 1.165) is 12.8 Å². The maximum absolute atomic E-state index is 11.9. The van der Waals surface area contributed by atoms with Gasteiger partial charge in [0.15, 0.2) is 0 Å². The van der Waals surface area contributed by atoms with Crippen LogP contribution in [0.4, 0.5) is 0 Å². The van der Waals surface area contributed by atoms with Crippen LogP contribution in [0.15, 0.2) is 24.3 Å². The monoisotopic (exact) mass is 352 g/mol. The van der Waals surface area contributed by atoms with E-state index in [9.17, 15) is 9.59 Å². The first-order valence-electron chi connectivity index (χ1n) is 8.71.